The lowest BCUT2D eigenvalue weighted by Crippen LogP contribution is -1.88. The van der Waals surface area contributed by atoms with Gasteiger partial charge >= 0.3 is 0 Å². The Labute approximate surface area is 125 Å². The second kappa shape index (κ2) is 6.19. The number of pyridine rings is 1. The van der Waals surface area contributed by atoms with Crippen LogP contribution < -0.4 is 0 Å². The van der Waals surface area contributed by atoms with Crippen LogP contribution in [0.3, 0.4) is 0 Å². The second-order valence-electron chi connectivity index (χ2n) is 5.03. The maximum absolute atomic E-state index is 4.49. The van der Waals surface area contributed by atoms with Gasteiger partial charge in [-0.1, -0.05) is 66.7 Å². The smallest absolute Gasteiger partial charge is 0.0636 e. The van der Waals surface area contributed by atoms with Gasteiger partial charge in [-0.05, 0) is 41.3 Å². The third-order valence-corrected chi connectivity index (χ3v) is 3.46. The molecule has 1 nitrogen and oxygen atoms in total. The molecule has 0 atom stereocenters. The molecule has 2 aromatic carbocycles. The molecule has 1 heteroatoms. The molecule has 3 rings (SSSR count). The van der Waals surface area contributed by atoms with Crippen LogP contribution in [-0.2, 0) is 0 Å². The van der Waals surface area contributed by atoms with Crippen LogP contribution >= 0.6 is 0 Å². The normalized spacial score (nSPS) is 10.9. The molecule has 0 saturated carbocycles. The van der Waals surface area contributed by atoms with Gasteiger partial charge in [0.25, 0.3) is 0 Å². The van der Waals surface area contributed by atoms with Gasteiger partial charge in [-0.3, -0.25) is 4.98 Å². The molecule has 0 aliphatic carbocycles. The standard InChI is InChI=1S/C20H17N/c1-16-15-21-19(13-12-17-8-4-2-5-9-17)14-20(16)18-10-6-3-7-11-18/h2-15H,1H3. The van der Waals surface area contributed by atoms with Crippen molar-refractivity contribution in [2.45, 2.75) is 6.92 Å². The molecular weight excluding hydrogens is 254 g/mol. The van der Waals surface area contributed by atoms with Gasteiger partial charge in [-0.25, -0.2) is 0 Å². The van der Waals surface area contributed by atoms with E-state index < -0.39 is 0 Å². The number of benzene rings is 2. The molecule has 0 N–H and O–H groups in total. The van der Waals surface area contributed by atoms with E-state index >= 15 is 0 Å². The number of hydrogen-bond acceptors (Lipinski definition) is 1. The SMILES string of the molecule is Cc1cnc(C=Cc2ccccc2)cc1-c1ccccc1. The van der Waals surface area contributed by atoms with Gasteiger partial charge in [0.1, 0.15) is 0 Å². The summed E-state index contributed by atoms with van der Waals surface area (Å²) in [5.41, 5.74) is 5.81. The fourth-order valence-corrected chi connectivity index (χ4v) is 2.31. The molecule has 0 spiro atoms. The highest BCUT2D eigenvalue weighted by molar-refractivity contribution is 5.73. The maximum Gasteiger partial charge on any atom is 0.0636 e. The largest absolute Gasteiger partial charge is 0.257 e. The van der Waals surface area contributed by atoms with Crippen LogP contribution in [0.5, 0.6) is 0 Å². The molecule has 3 aromatic rings. The topological polar surface area (TPSA) is 12.9 Å². The Morgan fingerprint density at radius 2 is 1.48 bits per heavy atom. The number of aromatic nitrogens is 1. The summed E-state index contributed by atoms with van der Waals surface area (Å²) in [6.07, 6.45) is 6.08. The molecule has 102 valence electrons. The van der Waals surface area contributed by atoms with E-state index in [0.29, 0.717) is 0 Å². The van der Waals surface area contributed by atoms with E-state index in [-0.39, 0.29) is 0 Å². The van der Waals surface area contributed by atoms with Crippen LogP contribution in [0.1, 0.15) is 16.8 Å². The minimum atomic E-state index is 0.975. The summed E-state index contributed by atoms with van der Waals surface area (Å²) in [7, 11) is 0. The molecule has 0 aliphatic rings. The molecular formula is C20H17N. The summed E-state index contributed by atoms with van der Waals surface area (Å²) in [4.78, 5) is 4.49. The first-order valence-electron chi connectivity index (χ1n) is 7.08. The third-order valence-electron chi connectivity index (χ3n) is 3.46. The quantitative estimate of drug-likeness (QED) is 0.636. The van der Waals surface area contributed by atoms with Gasteiger partial charge in [0.2, 0.25) is 0 Å². The Morgan fingerprint density at radius 3 is 2.19 bits per heavy atom. The molecule has 0 radical (unpaired) electrons. The Hall–Kier alpha value is -2.67. The minimum absolute atomic E-state index is 0.975. The fraction of sp³-hybridized carbons (Fsp3) is 0.0500. The lowest BCUT2D eigenvalue weighted by Gasteiger charge is -2.06. The summed E-state index contributed by atoms with van der Waals surface area (Å²) in [6.45, 7) is 2.10. The lowest BCUT2D eigenvalue weighted by molar-refractivity contribution is 1.25. The van der Waals surface area contributed by atoms with Gasteiger partial charge in [0, 0.05) is 6.20 Å². The first kappa shape index (κ1) is 13.3. The first-order chi connectivity index (χ1) is 10.3. The van der Waals surface area contributed by atoms with Gasteiger partial charge < -0.3 is 0 Å². The van der Waals surface area contributed by atoms with Crippen LogP contribution in [0.15, 0.2) is 72.9 Å². The third kappa shape index (κ3) is 3.26. The highest BCUT2D eigenvalue weighted by atomic mass is 14.7. The summed E-state index contributed by atoms with van der Waals surface area (Å²) >= 11 is 0. The first-order valence-corrected chi connectivity index (χ1v) is 7.08. The van der Waals surface area contributed by atoms with Crippen molar-refractivity contribution in [1.82, 2.24) is 4.98 Å². The highest BCUT2D eigenvalue weighted by Crippen LogP contribution is 2.23. The van der Waals surface area contributed by atoms with Crippen molar-refractivity contribution in [2.75, 3.05) is 0 Å². The average Bonchev–Trinajstić information content (AvgIpc) is 2.56. The summed E-state index contributed by atoms with van der Waals surface area (Å²) in [5, 5.41) is 0. The lowest BCUT2D eigenvalue weighted by atomic mass is 10.0. The predicted molar refractivity (Wildman–Crippen MR) is 89.8 cm³/mol. The number of hydrogen-bond donors (Lipinski definition) is 0. The number of nitrogens with zero attached hydrogens (tertiary/aromatic N) is 1. The van der Waals surface area contributed by atoms with Crippen molar-refractivity contribution in [3.8, 4) is 11.1 Å². The van der Waals surface area contributed by atoms with Crippen LogP contribution in [0.2, 0.25) is 0 Å². The molecule has 1 aromatic heterocycles. The van der Waals surface area contributed by atoms with E-state index in [4.69, 9.17) is 0 Å². The second-order valence-corrected chi connectivity index (χ2v) is 5.03. The maximum atomic E-state index is 4.49. The minimum Gasteiger partial charge on any atom is -0.257 e. The zero-order valence-corrected chi connectivity index (χ0v) is 12.0. The summed E-state index contributed by atoms with van der Waals surface area (Å²) in [5.74, 6) is 0. The fourth-order valence-electron chi connectivity index (χ4n) is 2.31. The highest BCUT2D eigenvalue weighted by Gasteiger charge is 2.02. The summed E-state index contributed by atoms with van der Waals surface area (Å²) in [6, 6.07) is 22.8. The van der Waals surface area contributed by atoms with E-state index in [1.807, 2.05) is 30.5 Å². The molecule has 0 amide bonds. The Bertz CT molecular complexity index is 743. The van der Waals surface area contributed by atoms with Crippen molar-refractivity contribution in [2.24, 2.45) is 0 Å². The van der Waals surface area contributed by atoms with E-state index in [2.05, 4.69) is 66.5 Å². The number of rotatable bonds is 3. The van der Waals surface area contributed by atoms with Gasteiger partial charge in [-0.2, -0.15) is 0 Å². The predicted octanol–water partition coefficient (Wildman–Crippen LogP) is 5.23. The monoisotopic (exact) mass is 271 g/mol. The van der Waals surface area contributed by atoms with Crippen LogP contribution in [0.25, 0.3) is 23.3 Å². The Kier molecular flexibility index (Phi) is 3.92. The van der Waals surface area contributed by atoms with Crippen molar-refractivity contribution < 1.29 is 0 Å². The van der Waals surface area contributed by atoms with Crippen molar-refractivity contribution in [3.63, 3.8) is 0 Å². The van der Waals surface area contributed by atoms with Crippen LogP contribution in [-0.4, -0.2) is 4.98 Å². The molecule has 0 aliphatic heterocycles. The van der Waals surface area contributed by atoms with Gasteiger partial charge in [0.05, 0.1) is 5.69 Å². The van der Waals surface area contributed by atoms with Crippen LogP contribution in [0, 0.1) is 6.92 Å². The van der Waals surface area contributed by atoms with Crippen molar-refractivity contribution in [3.05, 3.63) is 89.7 Å². The van der Waals surface area contributed by atoms with Gasteiger partial charge in [0.15, 0.2) is 0 Å². The molecule has 0 unspecified atom stereocenters. The molecule has 0 bridgehead atoms. The van der Waals surface area contributed by atoms with Crippen LogP contribution in [0.4, 0.5) is 0 Å². The van der Waals surface area contributed by atoms with Gasteiger partial charge in [-0.15, -0.1) is 0 Å². The van der Waals surface area contributed by atoms with Crippen molar-refractivity contribution in [1.29, 1.82) is 0 Å². The molecule has 1 heterocycles. The Balaban J connectivity index is 1.93. The Morgan fingerprint density at radius 1 is 0.810 bits per heavy atom. The molecule has 0 saturated heterocycles. The van der Waals surface area contributed by atoms with E-state index in [1.54, 1.807) is 0 Å². The number of aryl methyl sites for hydroxylation is 1. The van der Waals surface area contributed by atoms with E-state index in [0.717, 1.165) is 5.69 Å². The average molecular weight is 271 g/mol. The zero-order valence-electron chi connectivity index (χ0n) is 12.0. The van der Waals surface area contributed by atoms with E-state index in [1.165, 1.54) is 22.3 Å². The molecule has 0 fully saturated rings. The van der Waals surface area contributed by atoms with Crippen molar-refractivity contribution >= 4 is 12.2 Å². The summed E-state index contributed by atoms with van der Waals surface area (Å²) < 4.78 is 0. The zero-order chi connectivity index (χ0) is 14.5. The molecule has 21 heavy (non-hydrogen) atoms. The van der Waals surface area contributed by atoms with E-state index in [9.17, 15) is 0 Å².